The van der Waals surface area contributed by atoms with Crippen molar-refractivity contribution in [2.45, 2.75) is 0 Å². The van der Waals surface area contributed by atoms with Crippen LogP contribution in [0, 0.1) is 0 Å². The van der Waals surface area contributed by atoms with E-state index in [2.05, 4.69) is 10.3 Å². The van der Waals surface area contributed by atoms with Crippen molar-refractivity contribution in [1.82, 2.24) is 10.3 Å². The lowest BCUT2D eigenvalue weighted by atomic mass is 10.3. The molecule has 94 valence electrons. The van der Waals surface area contributed by atoms with Crippen molar-refractivity contribution < 1.29 is 10.2 Å². The number of hydrogen-bond donors (Lipinski definition) is 4. The Labute approximate surface area is 104 Å². The zero-order chi connectivity index (χ0) is 12.5. The van der Waals surface area contributed by atoms with E-state index in [-0.39, 0.29) is 13.2 Å². The molecule has 2 rings (SSSR count). The third-order valence-electron chi connectivity index (χ3n) is 1.89. The number of fused-ring (bicyclic) bond motifs is 1. The molecule has 0 fully saturated rings. The molecule has 17 heavy (non-hydrogen) atoms. The fourth-order valence-corrected chi connectivity index (χ4v) is 1.91. The minimum Gasteiger partial charge on any atom is -0.395 e. The Morgan fingerprint density at radius 3 is 2.41 bits per heavy atom. The van der Waals surface area contributed by atoms with Gasteiger partial charge < -0.3 is 21.3 Å². The summed E-state index contributed by atoms with van der Waals surface area (Å²) in [5.74, 6) is 0. The van der Waals surface area contributed by atoms with Crippen molar-refractivity contribution in [2.75, 3.05) is 32.0 Å². The largest absolute Gasteiger partial charge is 0.395 e. The number of aromatic nitrogens is 1. The number of para-hydroxylation sites is 1. The standard InChI is InChI=1S/C7H6N2S.C4H11NO2/c8-7-9-5-3-1-2-4-6(5)10-7;6-3-1-5-2-4-7/h1-4H,(H2,8,9);5-7H,1-4H2. The first-order chi connectivity index (χ1) is 8.27. The highest BCUT2D eigenvalue weighted by Crippen LogP contribution is 2.22. The molecule has 0 amide bonds. The molecule has 5 N–H and O–H groups in total. The van der Waals surface area contributed by atoms with E-state index in [0.29, 0.717) is 18.2 Å². The maximum absolute atomic E-state index is 8.15. The first-order valence-electron chi connectivity index (χ1n) is 5.31. The maximum atomic E-state index is 8.15. The van der Waals surface area contributed by atoms with E-state index in [1.807, 2.05) is 24.3 Å². The lowest BCUT2D eigenvalue weighted by Gasteiger charge is -1.94. The number of benzene rings is 1. The second-order valence-corrected chi connectivity index (χ2v) is 4.28. The SMILES string of the molecule is Nc1nc2ccccc2s1.OCCNCCO. The maximum Gasteiger partial charge on any atom is 0.181 e. The molecule has 0 saturated carbocycles. The van der Waals surface area contributed by atoms with E-state index in [1.54, 1.807) is 0 Å². The molecule has 1 heterocycles. The highest BCUT2D eigenvalue weighted by atomic mass is 32.1. The number of aliphatic hydroxyl groups is 2. The van der Waals surface area contributed by atoms with Crippen LogP contribution >= 0.6 is 11.3 Å². The van der Waals surface area contributed by atoms with Crippen LogP contribution in [-0.4, -0.2) is 41.5 Å². The average Bonchev–Trinajstić information content (AvgIpc) is 2.70. The van der Waals surface area contributed by atoms with Crippen molar-refractivity contribution >= 4 is 26.7 Å². The average molecular weight is 255 g/mol. The summed E-state index contributed by atoms with van der Waals surface area (Å²) < 4.78 is 1.15. The second-order valence-electron chi connectivity index (χ2n) is 3.22. The molecule has 0 aliphatic rings. The monoisotopic (exact) mass is 255 g/mol. The predicted molar refractivity (Wildman–Crippen MR) is 71.1 cm³/mol. The molecule has 0 radical (unpaired) electrons. The normalized spacial score (nSPS) is 10.0. The van der Waals surface area contributed by atoms with Gasteiger partial charge in [-0.1, -0.05) is 23.5 Å². The van der Waals surface area contributed by atoms with E-state index in [1.165, 1.54) is 11.3 Å². The molecular formula is C11H17N3O2S. The van der Waals surface area contributed by atoms with E-state index in [9.17, 15) is 0 Å². The van der Waals surface area contributed by atoms with E-state index in [4.69, 9.17) is 15.9 Å². The first-order valence-corrected chi connectivity index (χ1v) is 6.13. The summed E-state index contributed by atoms with van der Waals surface area (Å²) in [4.78, 5) is 4.11. The van der Waals surface area contributed by atoms with Crippen molar-refractivity contribution in [2.24, 2.45) is 0 Å². The van der Waals surface area contributed by atoms with Crippen molar-refractivity contribution in [1.29, 1.82) is 0 Å². The summed E-state index contributed by atoms with van der Waals surface area (Å²) in [7, 11) is 0. The highest BCUT2D eigenvalue weighted by Gasteiger charge is 1.96. The summed E-state index contributed by atoms with van der Waals surface area (Å²) in [5, 5.41) is 19.7. The summed E-state index contributed by atoms with van der Waals surface area (Å²) >= 11 is 1.52. The van der Waals surface area contributed by atoms with Crippen LogP contribution < -0.4 is 11.1 Å². The van der Waals surface area contributed by atoms with Gasteiger partial charge in [0, 0.05) is 13.1 Å². The lowest BCUT2D eigenvalue weighted by molar-refractivity contribution is 0.267. The van der Waals surface area contributed by atoms with Gasteiger partial charge in [0.15, 0.2) is 5.13 Å². The first kappa shape index (κ1) is 13.9. The Hall–Kier alpha value is -1.21. The molecule has 2 aromatic rings. The number of thiazole rings is 1. The Balaban J connectivity index is 0.000000185. The molecule has 6 heteroatoms. The Morgan fingerprint density at radius 2 is 1.82 bits per heavy atom. The minimum absolute atomic E-state index is 0.139. The summed E-state index contributed by atoms with van der Waals surface area (Å²) in [6, 6.07) is 7.92. The fraction of sp³-hybridized carbons (Fsp3) is 0.364. The minimum atomic E-state index is 0.139. The van der Waals surface area contributed by atoms with Crippen LogP contribution in [0.25, 0.3) is 10.2 Å². The van der Waals surface area contributed by atoms with Gasteiger partial charge in [-0.2, -0.15) is 0 Å². The molecule has 0 atom stereocenters. The molecule has 0 aliphatic carbocycles. The van der Waals surface area contributed by atoms with Gasteiger partial charge in [0.1, 0.15) is 0 Å². The summed E-state index contributed by atoms with van der Waals surface area (Å²) in [6.07, 6.45) is 0. The molecule has 1 aromatic heterocycles. The van der Waals surface area contributed by atoms with Crippen LogP contribution in [0.1, 0.15) is 0 Å². The number of nitrogens with one attached hydrogen (secondary N) is 1. The molecule has 0 spiro atoms. The number of aliphatic hydroxyl groups excluding tert-OH is 2. The molecule has 0 saturated heterocycles. The zero-order valence-corrected chi connectivity index (χ0v) is 10.3. The summed E-state index contributed by atoms with van der Waals surface area (Å²) in [5.41, 5.74) is 6.49. The van der Waals surface area contributed by atoms with Gasteiger partial charge in [0.05, 0.1) is 23.4 Å². The highest BCUT2D eigenvalue weighted by molar-refractivity contribution is 7.22. The van der Waals surface area contributed by atoms with Gasteiger partial charge in [0.25, 0.3) is 0 Å². The summed E-state index contributed by atoms with van der Waals surface area (Å²) in [6.45, 7) is 1.42. The number of nitrogens with zero attached hydrogens (tertiary/aromatic N) is 1. The van der Waals surface area contributed by atoms with Gasteiger partial charge >= 0.3 is 0 Å². The van der Waals surface area contributed by atoms with E-state index >= 15 is 0 Å². The molecule has 0 bridgehead atoms. The van der Waals surface area contributed by atoms with Gasteiger partial charge in [0.2, 0.25) is 0 Å². The molecular weight excluding hydrogens is 238 g/mol. The van der Waals surface area contributed by atoms with Crippen LogP contribution in [0.4, 0.5) is 5.13 Å². The van der Waals surface area contributed by atoms with E-state index in [0.717, 1.165) is 10.2 Å². The van der Waals surface area contributed by atoms with E-state index < -0.39 is 0 Å². The van der Waals surface area contributed by atoms with Gasteiger partial charge in [-0.3, -0.25) is 0 Å². The van der Waals surface area contributed by atoms with Gasteiger partial charge in [-0.25, -0.2) is 4.98 Å². The van der Waals surface area contributed by atoms with Gasteiger partial charge in [-0.05, 0) is 12.1 Å². The topological polar surface area (TPSA) is 91.4 Å². The van der Waals surface area contributed by atoms with Crippen LogP contribution in [-0.2, 0) is 0 Å². The third-order valence-corrected chi connectivity index (χ3v) is 2.75. The molecule has 0 aliphatic heterocycles. The third kappa shape index (κ3) is 5.10. The fourth-order valence-electron chi connectivity index (χ4n) is 1.17. The van der Waals surface area contributed by atoms with Crippen LogP contribution in [0.3, 0.4) is 0 Å². The second kappa shape index (κ2) is 7.97. The number of nitrogen functional groups attached to an aromatic ring is 1. The van der Waals surface area contributed by atoms with Crippen molar-refractivity contribution in [3.05, 3.63) is 24.3 Å². The Kier molecular flexibility index (Phi) is 6.49. The molecule has 0 unspecified atom stereocenters. The molecule has 1 aromatic carbocycles. The Morgan fingerprint density at radius 1 is 1.18 bits per heavy atom. The van der Waals surface area contributed by atoms with Crippen LogP contribution in [0.5, 0.6) is 0 Å². The predicted octanol–water partition coefficient (Wildman–Crippen LogP) is 0.439. The van der Waals surface area contributed by atoms with Crippen molar-refractivity contribution in [3.63, 3.8) is 0 Å². The Bertz CT molecular complexity index is 396. The van der Waals surface area contributed by atoms with Gasteiger partial charge in [-0.15, -0.1) is 0 Å². The van der Waals surface area contributed by atoms with Crippen molar-refractivity contribution in [3.8, 4) is 0 Å². The number of rotatable bonds is 4. The molecule has 5 nitrogen and oxygen atoms in total. The number of hydrogen-bond acceptors (Lipinski definition) is 6. The number of anilines is 1. The smallest absolute Gasteiger partial charge is 0.181 e. The quantitative estimate of drug-likeness (QED) is 0.595. The lowest BCUT2D eigenvalue weighted by Crippen LogP contribution is -2.21. The van der Waals surface area contributed by atoms with Crippen LogP contribution in [0.2, 0.25) is 0 Å². The number of nitrogens with two attached hydrogens (primary N) is 1. The zero-order valence-electron chi connectivity index (χ0n) is 9.47. The van der Waals surface area contributed by atoms with Crippen LogP contribution in [0.15, 0.2) is 24.3 Å².